The van der Waals surface area contributed by atoms with E-state index < -0.39 is 24.0 Å². The molecule has 0 saturated carbocycles. The van der Waals surface area contributed by atoms with Crippen LogP contribution in [0.2, 0.25) is 0 Å². The van der Waals surface area contributed by atoms with Crippen LogP contribution in [0.25, 0.3) is 0 Å². The number of halogens is 3. The molecule has 0 unspecified atom stereocenters. The molecule has 0 radical (unpaired) electrons. The number of ether oxygens (including phenoxy) is 1. The number of rotatable bonds is 3. The van der Waals surface area contributed by atoms with Crippen molar-refractivity contribution in [2.24, 2.45) is 11.8 Å². The van der Waals surface area contributed by atoms with E-state index in [9.17, 15) is 18.0 Å². The van der Waals surface area contributed by atoms with Crippen LogP contribution in [0.3, 0.4) is 0 Å². The summed E-state index contributed by atoms with van der Waals surface area (Å²) in [6.45, 7) is 1.14. The lowest BCUT2D eigenvalue weighted by atomic mass is 9.96. The topological polar surface area (TPSA) is 49.8 Å². The third kappa shape index (κ3) is 3.35. The van der Waals surface area contributed by atoms with Crippen molar-refractivity contribution < 1.29 is 27.8 Å². The second-order valence-corrected chi connectivity index (χ2v) is 6.14. The van der Waals surface area contributed by atoms with E-state index in [0.29, 0.717) is 19.8 Å². The lowest BCUT2D eigenvalue weighted by Crippen LogP contribution is -2.33. The molecule has 0 bridgehead atoms. The molecule has 0 spiro atoms. The standard InChI is InChI=1S/C16H18F3NO3/c17-16(18,19)14-8-20(7-13(14)15(21)22)6-10-2-1-3-11-9-23-5-4-12(10)11/h1-3,13-14H,4-9H2,(H,21,22)/t13-,14-/m1/s1. The van der Waals surface area contributed by atoms with Gasteiger partial charge in [-0.3, -0.25) is 9.69 Å². The smallest absolute Gasteiger partial charge is 0.393 e. The number of hydrogen-bond donors (Lipinski definition) is 1. The van der Waals surface area contributed by atoms with E-state index in [2.05, 4.69) is 0 Å². The van der Waals surface area contributed by atoms with E-state index in [1.165, 1.54) is 0 Å². The minimum absolute atomic E-state index is 0.0698. The first kappa shape index (κ1) is 16.3. The van der Waals surface area contributed by atoms with Crippen LogP contribution in [0.5, 0.6) is 0 Å². The first-order valence-electron chi connectivity index (χ1n) is 7.55. The third-order valence-electron chi connectivity index (χ3n) is 4.65. The number of hydrogen-bond acceptors (Lipinski definition) is 3. The van der Waals surface area contributed by atoms with Gasteiger partial charge in [0, 0.05) is 19.6 Å². The Hall–Kier alpha value is -1.60. The van der Waals surface area contributed by atoms with E-state index in [1.54, 1.807) is 4.90 Å². The molecule has 23 heavy (non-hydrogen) atoms. The number of aliphatic carboxylic acids is 1. The van der Waals surface area contributed by atoms with Gasteiger partial charge >= 0.3 is 12.1 Å². The number of fused-ring (bicyclic) bond motifs is 1. The predicted octanol–water partition coefficient (Wildman–Crippen LogP) is 2.45. The van der Waals surface area contributed by atoms with E-state index in [4.69, 9.17) is 9.84 Å². The van der Waals surface area contributed by atoms with Gasteiger partial charge in [-0.05, 0) is 23.1 Å². The normalized spacial score (nSPS) is 25.3. The molecule has 2 atom stereocenters. The Balaban J connectivity index is 1.78. The first-order chi connectivity index (χ1) is 10.9. The highest BCUT2D eigenvalue weighted by atomic mass is 19.4. The molecular weight excluding hydrogens is 311 g/mol. The monoisotopic (exact) mass is 329 g/mol. The fourth-order valence-corrected chi connectivity index (χ4v) is 3.49. The number of alkyl halides is 3. The highest BCUT2D eigenvalue weighted by Crippen LogP contribution is 2.38. The molecule has 0 aliphatic carbocycles. The third-order valence-corrected chi connectivity index (χ3v) is 4.65. The van der Waals surface area contributed by atoms with Gasteiger partial charge < -0.3 is 9.84 Å². The van der Waals surface area contributed by atoms with Crippen LogP contribution in [0.15, 0.2) is 18.2 Å². The molecule has 7 heteroatoms. The summed E-state index contributed by atoms with van der Waals surface area (Å²) in [6, 6.07) is 5.73. The lowest BCUT2D eigenvalue weighted by Gasteiger charge is -2.23. The number of carboxylic acids is 1. The molecule has 4 nitrogen and oxygen atoms in total. The number of nitrogens with zero attached hydrogens (tertiary/aromatic N) is 1. The van der Waals surface area contributed by atoms with Crippen molar-refractivity contribution in [1.82, 2.24) is 4.90 Å². The van der Waals surface area contributed by atoms with Gasteiger partial charge in [0.2, 0.25) is 0 Å². The maximum atomic E-state index is 13.1. The lowest BCUT2D eigenvalue weighted by molar-refractivity contribution is -0.188. The molecule has 2 heterocycles. The van der Waals surface area contributed by atoms with Crippen molar-refractivity contribution in [3.05, 3.63) is 34.9 Å². The van der Waals surface area contributed by atoms with Gasteiger partial charge in [0.15, 0.2) is 0 Å². The predicted molar refractivity (Wildman–Crippen MR) is 75.7 cm³/mol. The van der Waals surface area contributed by atoms with E-state index in [0.717, 1.165) is 23.1 Å². The van der Waals surface area contributed by atoms with E-state index in [-0.39, 0.29) is 13.1 Å². The van der Waals surface area contributed by atoms with Crippen LogP contribution in [0.4, 0.5) is 13.2 Å². The summed E-state index contributed by atoms with van der Waals surface area (Å²) >= 11 is 0. The molecule has 2 aliphatic heterocycles. The number of likely N-dealkylation sites (tertiary alicyclic amines) is 1. The van der Waals surface area contributed by atoms with Gasteiger partial charge in [0.05, 0.1) is 25.0 Å². The van der Waals surface area contributed by atoms with E-state index >= 15 is 0 Å². The van der Waals surface area contributed by atoms with Gasteiger partial charge in [-0.15, -0.1) is 0 Å². The Morgan fingerprint density at radius 2 is 2.13 bits per heavy atom. The van der Waals surface area contributed by atoms with Gasteiger partial charge in [-0.25, -0.2) is 0 Å². The van der Waals surface area contributed by atoms with Crippen LogP contribution in [0, 0.1) is 11.8 Å². The Labute approximate surface area is 131 Å². The Morgan fingerprint density at radius 3 is 2.78 bits per heavy atom. The quantitative estimate of drug-likeness (QED) is 0.925. The highest BCUT2D eigenvalue weighted by Gasteiger charge is 2.52. The zero-order chi connectivity index (χ0) is 16.6. The number of benzene rings is 1. The van der Waals surface area contributed by atoms with Crippen LogP contribution < -0.4 is 0 Å². The fourth-order valence-electron chi connectivity index (χ4n) is 3.49. The minimum Gasteiger partial charge on any atom is -0.481 e. The summed E-state index contributed by atoms with van der Waals surface area (Å²) in [5, 5.41) is 9.08. The molecule has 2 aliphatic rings. The van der Waals surface area contributed by atoms with Crippen molar-refractivity contribution in [3.8, 4) is 0 Å². The van der Waals surface area contributed by atoms with Crippen molar-refractivity contribution in [2.75, 3.05) is 19.7 Å². The van der Waals surface area contributed by atoms with Gasteiger partial charge in [-0.2, -0.15) is 13.2 Å². The van der Waals surface area contributed by atoms with Crippen LogP contribution in [-0.4, -0.2) is 41.8 Å². The van der Waals surface area contributed by atoms with Crippen LogP contribution in [-0.2, 0) is 29.1 Å². The van der Waals surface area contributed by atoms with Crippen molar-refractivity contribution in [3.63, 3.8) is 0 Å². The molecule has 1 N–H and O–H groups in total. The Bertz CT molecular complexity index is 603. The molecule has 1 fully saturated rings. The van der Waals surface area contributed by atoms with Crippen molar-refractivity contribution in [2.45, 2.75) is 25.7 Å². The molecule has 3 rings (SSSR count). The number of carbonyl (C=O) groups is 1. The average Bonchev–Trinajstić information content (AvgIpc) is 2.92. The molecule has 0 aromatic heterocycles. The fraction of sp³-hybridized carbons (Fsp3) is 0.562. The molecule has 126 valence electrons. The summed E-state index contributed by atoms with van der Waals surface area (Å²) < 4.78 is 44.5. The maximum Gasteiger partial charge on any atom is 0.393 e. The molecule has 1 saturated heterocycles. The molecule has 1 aromatic rings. The highest BCUT2D eigenvalue weighted by molar-refractivity contribution is 5.71. The largest absolute Gasteiger partial charge is 0.481 e. The second kappa shape index (κ2) is 6.13. The zero-order valence-corrected chi connectivity index (χ0v) is 12.5. The van der Waals surface area contributed by atoms with Crippen molar-refractivity contribution >= 4 is 5.97 Å². The summed E-state index contributed by atoms with van der Waals surface area (Å²) in [5.41, 5.74) is 3.16. The first-order valence-corrected chi connectivity index (χ1v) is 7.55. The minimum atomic E-state index is -4.48. The van der Waals surface area contributed by atoms with Gasteiger partial charge in [-0.1, -0.05) is 18.2 Å². The maximum absolute atomic E-state index is 13.1. The zero-order valence-electron chi connectivity index (χ0n) is 12.5. The summed E-state index contributed by atoms with van der Waals surface area (Å²) in [4.78, 5) is 12.7. The molecule has 1 aromatic carbocycles. The molecule has 0 amide bonds. The summed E-state index contributed by atoms with van der Waals surface area (Å²) in [7, 11) is 0. The summed E-state index contributed by atoms with van der Waals surface area (Å²) in [5.74, 6) is -4.57. The van der Waals surface area contributed by atoms with Gasteiger partial charge in [0.1, 0.15) is 0 Å². The van der Waals surface area contributed by atoms with E-state index in [1.807, 2.05) is 18.2 Å². The number of carboxylic acid groups (broad SMARTS) is 1. The van der Waals surface area contributed by atoms with Crippen molar-refractivity contribution in [1.29, 1.82) is 0 Å². The summed E-state index contributed by atoms with van der Waals surface area (Å²) in [6.07, 6.45) is -3.74. The van der Waals surface area contributed by atoms with Crippen LogP contribution >= 0.6 is 0 Å². The van der Waals surface area contributed by atoms with Crippen LogP contribution in [0.1, 0.15) is 16.7 Å². The SMILES string of the molecule is O=C(O)[C@@H]1CN(Cc2cccc3c2CCOC3)C[C@H]1C(F)(F)F. The Morgan fingerprint density at radius 1 is 1.35 bits per heavy atom. The second-order valence-electron chi connectivity index (χ2n) is 6.14. The van der Waals surface area contributed by atoms with Gasteiger partial charge in [0.25, 0.3) is 0 Å². The molecular formula is C16H18F3NO3. The Kier molecular flexibility index (Phi) is 4.33. The average molecular weight is 329 g/mol.